The molecule has 0 amide bonds. The van der Waals surface area contributed by atoms with Gasteiger partial charge in [0.1, 0.15) is 0 Å². The fraction of sp³-hybridized carbons (Fsp3) is 0.500. The lowest BCUT2D eigenvalue weighted by Gasteiger charge is -1.77. The number of hydrogen-bond acceptors (Lipinski definition) is 4. The minimum atomic E-state index is -1.08. The SMILES string of the molecule is CC(=O)[O-].O=[N+]=O. The number of aliphatic carboxylic acids is 1. The summed E-state index contributed by atoms with van der Waals surface area (Å²) in [5.41, 5.74) is 0. The fourth-order valence-electron chi connectivity index (χ4n) is 0. The average molecular weight is 105 g/mol. The molecule has 0 heterocycles. The Balaban J connectivity index is 0. The third-order valence-corrected chi connectivity index (χ3v) is 0. The molecule has 0 saturated carbocycles. The molecule has 0 aromatic heterocycles. The van der Waals surface area contributed by atoms with Crippen LogP contribution in [0.2, 0.25) is 0 Å². The zero-order valence-electron chi connectivity index (χ0n) is 3.58. The second-order valence-corrected chi connectivity index (χ2v) is 0.566. The number of nitrogens with zero attached hydrogens (tertiary/aromatic N) is 1. The van der Waals surface area contributed by atoms with E-state index in [0.29, 0.717) is 0 Å². The van der Waals surface area contributed by atoms with E-state index < -0.39 is 5.97 Å². The van der Waals surface area contributed by atoms with Crippen molar-refractivity contribution in [2.24, 2.45) is 0 Å². The molecule has 0 aromatic carbocycles. The van der Waals surface area contributed by atoms with E-state index in [1.807, 2.05) is 0 Å². The van der Waals surface area contributed by atoms with Gasteiger partial charge >= 0.3 is 5.04 Å². The van der Waals surface area contributed by atoms with Crippen molar-refractivity contribution in [2.45, 2.75) is 6.92 Å². The summed E-state index contributed by atoms with van der Waals surface area (Å²) in [4.78, 5) is 24.9. The number of rotatable bonds is 0. The van der Waals surface area contributed by atoms with E-state index in [2.05, 4.69) is 0 Å². The highest BCUT2D eigenvalue weighted by molar-refractivity contribution is 5.60. The van der Waals surface area contributed by atoms with Crippen molar-refractivity contribution >= 4 is 5.97 Å². The zero-order valence-corrected chi connectivity index (χ0v) is 3.58. The van der Waals surface area contributed by atoms with Crippen LogP contribution in [-0.2, 0) is 4.79 Å². The molecular weight excluding hydrogens is 102 g/mol. The third-order valence-electron chi connectivity index (χ3n) is 0. The first-order valence-electron chi connectivity index (χ1n) is 1.27. The Labute approximate surface area is 38.9 Å². The monoisotopic (exact) mass is 105 g/mol. The van der Waals surface area contributed by atoms with Crippen LogP contribution in [0.4, 0.5) is 0 Å². The van der Waals surface area contributed by atoms with Gasteiger partial charge in [0.05, 0.1) is 0 Å². The second-order valence-electron chi connectivity index (χ2n) is 0.566. The first kappa shape index (κ1) is 9.24. The normalized spacial score (nSPS) is 4.71. The van der Waals surface area contributed by atoms with E-state index in [4.69, 9.17) is 19.7 Å². The molecule has 0 unspecified atom stereocenters. The predicted molar refractivity (Wildman–Crippen MR) is 19.5 cm³/mol. The summed E-state index contributed by atoms with van der Waals surface area (Å²) in [7, 11) is 0. The Bertz CT molecular complexity index is 77.7. The van der Waals surface area contributed by atoms with Crippen LogP contribution in [0.1, 0.15) is 6.92 Å². The lowest BCUT2D eigenvalue weighted by Crippen LogP contribution is -2.16. The lowest BCUT2D eigenvalue weighted by molar-refractivity contribution is -0.302. The second kappa shape index (κ2) is 8.84. The van der Waals surface area contributed by atoms with Crippen LogP contribution in [0.3, 0.4) is 0 Å². The van der Waals surface area contributed by atoms with Gasteiger partial charge in [0, 0.05) is 5.97 Å². The van der Waals surface area contributed by atoms with Gasteiger partial charge in [-0.05, 0) is 6.92 Å². The number of hydrogen-bond donors (Lipinski definition) is 0. The molecule has 0 aliphatic heterocycles. The highest BCUT2D eigenvalue weighted by Crippen LogP contribution is 1.31. The van der Waals surface area contributed by atoms with Crippen LogP contribution in [0.5, 0.6) is 0 Å². The molecule has 40 valence electrons. The van der Waals surface area contributed by atoms with Crippen molar-refractivity contribution in [1.82, 2.24) is 5.04 Å². The van der Waals surface area contributed by atoms with Gasteiger partial charge < -0.3 is 9.90 Å². The predicted octanol–water partition coefficient (Wildman–Crippen LogP) is -1.66. The number of carboxylic acid groups (broad SMARTS) is 1. The Kier molecular flexibility index (Phi) is 11.7. The van der Waals surface area contributed by atoms with Crippen LogP contribution < -0.4 is 10.1 Å². The van der Waals surface area contributed by atoms with Crippen molar-refractivity contribution in [2.75, 3.05) is 0 Å². The van der Waals surface area contributed by atoms with Gasteiger partial charge in [-0.25, -0.2) is 0 Å². The molecule has 0 radical (unpaired) electrons. The molecule has 0 saturated heterocycles. The maximum absolute atomic E-state index is 8.89. The molecule has 0 atom stereocenters. The van der Waals surface area contributed by atoms with Crippen LogP contribution in [0, 0.1) is 9.81 Å². The Morgan fingerprint density at radius 2 is 1.57 bits per heavy atom. The molecule has 0 aromatic rings. The summed E-state index contributed by atoms with van der Waals surface area (Å²) < 4.78 is 0. The van der Waals surface area contributed by atoms with Crippen molar-refractivity contribution in [3.05, 3.63) is 9.81 Å². The van der Waals surface area contributed by atoms with Gasteiger partial charge in [0.15, 0.2) is 0 Å². The van der Waals surface area contributed by atoms with Crippen molar-refractivity contribution < 1.29 is 9.90 Å². The first-order chi connectivity index (χ1) is 3.15. The Morgan fingerprint density at radius 1 is 1.57 bits per heavy atom. The smallest absolute Gasteiger partial charge is 0.550 e. The molecule has 0 N–H and O–H groups in total. The minimum absolute atomic E-state index is 0.972. The molecular formula is C2H3NO4. The van der Waals surface area contributed by atoms with Crippen LogP contribution in [0.15, 0.2) is 0 Å². The van der Waals surface area contributed by atoms with E-state index in [0.717, 1.165) is 12.0 Å². The fourth-order valence-corrected chi connectivity index (χ4v) is 0. The highest BCUT2D eigenvalue weighted by atomic mass is 16.4. The molecule has 0 aliphatic carbocycles. The number of carbonyl (C=O) groups excluding carboxylic acids is 1. The minimum Gasteiger partial charge on any atom is -0.550 e. The zero-order chi connectivity index (χ0) is 6.28. The van der Waals surface area contributed by atoms with E-state index in [-0.39, 0.29) is 0 Å². The van der Waals surface area contributed by atoms with E-state index >= 15 is 0 Å². The van der Waals surface area contributed by atoms with Gasteiger partial charge in [0.2, 0.25) is 9.81 Å². The van der Waals surface area contributed by atoms with Crippen LogP contribution in [0.25, 0.3) is 0 Å². The topological polar surface area (TPSA) is 88.4 Å². The maximum Gasteiger partial charge on any atom is 0.569 e. The van der Waals surface area contributed by atoms with E-state index in [1.54, 1.807) is 0 Å². The largest absolute Gasteiger partial charge is 0.569 e. The highest BCUT2D eigenvalue weighted by Gasteiger charge is 1.46. The van der Waals surface area contributed by atoms with Crippen LogP contribution >= 0.6 is 0 Å². The maximum atomic E-state index is 8.89. The molecule has 7 heavy (non-hydrogen) atoms. The number of carboxylic acids is 1. The van der Waals surface area contributed by atoms with Gasteiger partial charge in [0.25, 0.3) is 0 Å². The molecule has 5 nitrogen and oxygen atoms in total. The summed E-state index contributed by atoms with van der Waals surface area (Å²) in [5, 5.41) is 9.89. The number of carbonyl (C=O) groups is 1. The molecule has 0 bridgehead atoms. The van der Waals surface area contributed by atoms with E-state index in [9.17, 15) is 0 Å². The van der Waals surface area contributed by atoms with Gasteiger partial charge in [-0.3, -0.25) is 0 Å². The summed E-state index contributed by atoms with van der Waals surface area (Å²) in [6, 6.07) is 0. The summed E-state index contributed by atoms with van der Waals surface area (Å²) in [5.74, 6) is -1.08. The van der Waals surface area contributed by atoms with Crippen molar-refractivity contribution in [1.29, 1.82) is 0 Å². The van der Waals surface area contributed by atoms with Gasteiger partial charge in [-0.1, -0.05) is 0 Å². The molecule has 5 heteroatoms. The quantitative estimate of drug-likeness (QED) is 0.345. The van der Waals surface area contributed by atoms with E-state index in [1.165, 1.54) is 0 Å². The molecule has 0 fully saturated rings. The Morgan fingerprint density at radius 3 is 1.57 bits per heavy atom. The lowest BCUT2D eigenvalue weighted by atomic mass is 10.9. The van der Waals surface area contributed by atoms with Crippen LogP contribution in [-0.4, -0.2) is 5.97 Å². The first-order valence-corrected chi connectivity index (χ1v) is 1.27. The summed E-state index contributed by atoms with van der Waals surface area (Å²) >= 11 is 0. The van der Waals surface area contributed by atoms with Gasteiger partial charge in [-0.15, -0.1) is 0 Å². The summed E-state index contributed by atoms with van der Waals surface area (Å²) in [6.45, 7) is 0.972. The standard InChI is InChI=1S/C2H4O2.NO2/c1-2(3)4;2-1-3/h1H3,(H,3,4);/q;+1/p-1. The molecule has 0 rings (SSSR count). The molecule has 0 spiro atoms. The molecule has 0 aliphatic rings. The van der Waals surface area contributed by atoms with Gasteiger partial charge in [-0.2, -0.15) is 0 Å². The van der Waals surface area contributed by atoms with Crippen molar-refractivity contribution in [3.8, 4) is 0 Å². The Hall–Kier alpha value is -1.22. The summed E-state index contributed by atoms with van der Waals surface area (Å²) in [6.07, 6.45) is 0. The average Bonchev–Trinajstić information content (AvgIpc) is 1.33. The third kappa shape index (κ3) is 24.8. The number of nitroso groups, excluding NO2 is 2. The van der Waals surface area contributed by atoms with Crippen molar-refractivity contribution in [3.63, 3.8) is 0 Å².